The van der Waals surface area contributed by atoms with Gasteiger partial charge in [0.05, 0.1) is 6.61 Å². The highest BCUT2D eigenvalue weighted by Crippen LogP contribution is 2.15. The van der Waals surface area contributed by atoms with E-state index in [-0.39, 0.29) is 0 Å². The fourth-order valence-corrected chi connectivity index (χ4v) is 3.05. The maximum absolute atomic E-state index is 5.53. The first kappa shape index (κ1) is 14.3. The summed E-state index contributed by atoms with van der Waals surface area (Å²) in [7, 11) is 0. The Morgan fingerprint density at radius 2 is 2.00 bits per heavy atom. The van der Waals surface area contributed by atoms with Crippen LogP contribution in [-0.2, 0) is 4.74 Å². The zero-order valence-electron chi connectivity index (χ0n) is 11.6. The molecule has 0 aromatic rings. The molecule has 2 fully saturated rings. The van der Waals surface area contributed by atoms with E-state index >= 15 is 0 Å². The molecule has 2 rings (SSSR count). The van der Waals surface area contributed by atoms with Gasteiger partial charge in [0, 0.05) is 25.7 Å². The lowest BCUT2D eigenvalue weighted by Gasteiger charge is -2.26. The Balaban J connectivity index is 1.64. The Morgan fingerprint density at radius 1 is 1.06 bits per heavy atom. The van der Waals surface area contributed by atoms with Crippen molar-refractivity contribution in [2.75, 3.05) is 52.5 Å². The quantitative estimate of drug-likeness (QED) is 0.717. The van der Waals surface area contributed by atoms with Gasteiger partial charge in [-0.05, 0) is 51.9 Å². The fourth-order valence-electron chi connectivity index (χ4n) is 3.05. The van der Waals surface area contributed by atoms with Gasteiger partial charge in [-0.1, -0.05) is 6.42 Å². The molecule has 0 amide bonds. The van der Waals surface area contributed by atoms with Gasteiger partial charge >= 0.3 is 0 Å². The van der Waals surface area contributed by atoms with Gasteiger partial charge in [-0.2, -0.15) is 0 Å². The second kappa shape index (κ2) is 8.10. The van der Waals surface area contributed by atoms with Gasteiger partial charge in [0.15, 0.2) is 0 Å². The highest BCUT2D eigenvalue weighted by molar-refractivity contribution is 4.79. The smallest absolute Gasteiger partial charge is 0.0622 e. The van der Waals surface area contributed by atoms with E-state index in [1.807, 2.05) is 0 Å². The van der Waals surface area contributed by atoms with Crippen molar-refractivity contribution in [1.29, 1.82) is 0 Å². The third kappa shape index (κ3) is 4.50. The van der Waals surface area contributed by atoms with Crippen molar-refractivity contribution < 1.29 is 4.74 Å². The molecule has 4 heteroatoms. The van der Waals surface area contributed by atoms with Crippen molar-refractivity contribution in [3.05, 3.63) is 0 Å². The molecule has 18 heavy (non-hydrogen) atoms. The molecular weight excluding hydrogens is 226 g/mol. The van der Waals surface area contributed by atoms with E-state index in [4.69, 9.17) is 10.5 Å². The normalized spacial score (nSPS) is 27.5. The minimum absolute atomic E-state index is 0.696. The molecule has 4 nitrogen and oxygen atoms in total. The van der Waals surface area contributed by atoms with Gasteiger partial charge in [0.2, 0.25) is 0 Å². The first-order chi connectivity index (χ1) is 8.90. The average molecular weight is 255 g/mol. The third-order valence-electron chi connectivity index (χ3n) is 4.22. The van der Waals surface area contributed by atoms with Gasteiger partial charge in [-0.3, -0.25) is 4.90 Å². The minimum atomic E-state index is 0.696. The summed E-state index contributed by atoms with van der Waals surface area (Å²) < 4.78 is 5.50. The highest BCUT2D eigenvalue weighted by Gasteiger charge is 2.24. The molecule has 0 saturated carbocycles. The summed E-state index contributed by atoms with van der Waals surface area (Å²) in [5, 5.41) is 0. The van der Waals surface area contributed by atoms with Gasteiger partial charge < -0.3 is 15.4 Å². The molecular formula is C14H29N3O. The van der Waals surface area contributed by atoms with Crippen molar-refractivity contribution in [2.24, 2.45) is 5.73 Å². The van der Waals surface area contributed by atoms with Crippen molar-refractivity contribution in [3.8, 4) is 0 Å². The Labute approximate surface area is 111 Å². The Morgan fingerprint density at radius 3 is 2.78 bits per heavy atom. The maximum Gasteiger partial charge on any atom is 0.0622 e. The Bertz CT molecular complexity index is 219. The SMILES string of the molecule is NCCCCCN1CCCN(C2CCOC2)CC1. The number of nitrogens with two attached hydrogens (primary N) is 1. The van der Waals surface area contributed by atoms with Crippen LogP contribution in [0.5, 0.6) is 0 Å². The second-order valence-electron chi connectivity index (χ2n) is 5.60. The minimum Gasteiger partial charge on any atom is -0.380 e. The van der Waals surface area contributed by atoms with Crippen molar-refractivity contribution in [3.63, 3.8) is 0 Å². The predicted molar refractivity (Wildman–Crippen MR) is 74.8 cm³/mol. The van der Waals surface area contributed by atoms with Crippen LogP contribution in [0.2, 0.25) is 0 Å². The van der Waals surface area contributed by atoms with Crippen LogP contribution in [0.25, 0.3) is 0 Å². The summed E-state index contributed by atoms with van der Waals surface area (Å²) in [6.45, 7) is 9.01. The van der Waals surface area contributed by atoms with Crippen LogP contribution in [0.1, 0.15) is 32.1 Å². The van der Waals surface area contributed by atoms with Crippen LogP contribution in [0.15, 0.2) is 0 Å². The molecule has 1 atom stereocenters. The first-order valence-electron chi connectivity index (χ1n) is 7.64. The molecule has 2 aliphatic rings. The fraction of sp³-hybridized carbons (Fsp3) is 1.00. The molecule has 2 heterocycles. The summed E-state index contributed by atoms with van der Waals surface area (Å²) in [6, 6.07) is 0.696. The van der Waals surface area contributed by atoms with E-state index in [1.54, 1.807) is 0 Å². The van der Waals surface area contributed by atoms with Crippen LogP contribution in [-0.4, -0.2) is 68.3 Å². The maximum atomic E-state index is 5.53. The van der Waals surface area contributed by atoms with Crippen LogP contribution in [0, 0.1) is 0 Å². The lowest BCUT2D eigenvalue weighted by molar-refractivity contribution is 0.145. The monoisotopic (exact) mass is 255 g/mol. The summed E-state index contributed by atoms with van der Waals surface area (Å²) in [5.41, 5.74) is 5.53. The van der Waals surface area contributed by atoms with E-state index in [1.165, 1.54) is 64.8 Å². The molecule has 2 aliphatic heterocycles. The number of rotatable bonds is 6. The van der Waals surface area contributed by atoms with Gasteiger partial charge in [-0.25, -0.2) is 0 Å². The summed E-state index contributed by atoms with van der Waals surface area (Å²) in [5.74, 6) is 0. The van der Waals surface area contributed by atoms with Gasteiger partial charge in [0.1, 0.15) is 0 Å². The van der Waals surface area contributed by atoms with Crippen molar-refractivity contribution in [2.45, 2.75) is 38.1 Å². The van der Waals surface area contributed by atoms with E-state index in [0.29, 0.717) is 6.04 Å². The van der Waals surface area contributed by atoms with E-state index in [2.05, 4.69) is 9.80 Å². The number of hydrogen-bond acceptors (Lipinski definition) is 4. The van der Waals surface area contributed by atoms with E-state index in [9.17, 15) is 0 Å². The second-order valence-corrected chi connectivity index (χ2v) is 5.60. The number of unbranched alkanes of at least 4 members (excludes halogenated alkanes) is 2. The largest absolute Gasteiger partial charge is 0.380 e. The molecule has 0 aliphatic carbocycles. The lowest BCUT2D eigenvalue weighted by atomic mass is 10.2. The van der Waals surface area contributed by atoms with Crippen LogP contribution in [0.3, 0.4) is 0 Å². The van der Waals surface area contributed by atoms with Crippen LogP contribution >= 0.6 is 0 Å². The lowest BCUT2D eigenvalue weighted by Crippen LogP contribution is -2.38. The number of hydrogen-bond donors (Lipinski definition) is 1. The molecule has 106 valence electrons. The molecule has 0 spiro atoms. The highest BCUT2D eigenvalue weighted by atomic mass is 16.5. The molecule has 0 radical (unpaired) electrons. The van der Waals surface area contributed by atoms with E-state index in [0.717, 1.165) is 19.8 Å². The molecule has 1 unspecified atom stereocenters. The zero-order valence-corrected chi connectivity index (χ0v) is 11.6. The molecule has 0 bridgehead atoms. The molecule has 2 N–H and O–H groups in total. The summed E-state index contributed by atoms with van der Waals surface area (Å²) in [6.07, 6.45) is 6.32. The standard InChI is InChI=1S/C14H29N3O/c15-6-2-1-3-7-16-8-4-9-17(11-10-16)14-5-12-18-13-14/h14H,1-13,15H2. The van der Waals surface area contributed by atoms with Crippen molar-refractivity contribution >= 4 is 0 Å². The molecule has 0 aromatic heterocycles. The van der Waals surface area contributed by atoms with Crippen LogP contribution in [0.4, 0.5) is 0 Å². The third-order valence-corrected chi connectivity index (χ3v) is 4.22. The molecule has 2 saturated heterocycles. The summed E-state index contributed by atoms with van der Waals surface area (Å²) in [4.78, 5) is 5.28. The predicted octanol–water partition coefficient (Wildman–Crippen LogP) is 0.912. The average Bonchev–Trinajstić information content (AvgIpc) is 2.82. The van der Waals surface area contributed by atoms with Gasteiger partial charge in [-0.15, -0.1) is 0 Å². The first-order valence-corrected chi connectivity index (χ1v) is 7.64. The Hall–Kier alpha value is -0.160. The topological polar surface area (TPSA) is 41.7 Å². The van der Waals surface area contributed by atoms with Gasteiger partial charge in [0.25, 0.3) is 0 Å². The van der Waals surface area contributed by atoms with Crippen LogP contribution < -0.4 is 5.73 Å². The number of nitrogens with zero attached hydrogens (tertiary/aromatic N) is 2. The van der Waals surface area contributed by atoms with E-state index < -0.39 is 0 Å². The van der Waals surface area contributed by atoms with Crippen molar-refractivity contribution in [1.82, 2.24) is 9.80 Å². The zero-order chi connectivity index (χ0) is 12.6. The molecule has 0 aromatic carbocycles. The number of ether oxygens (including phenoxy) is 1. The Kier molecular flexibility index (Phi) is 6.41. The summed E-state index contributed by atoms with van der Waals surface area (Å²) >= 11 is 0.